The highest BCUT2D eigenvalue weighted by atomic mass is 32.2. The molecule has 0 spiro atoms. The predicted octanol–water partition coefficient (Wildman–Crippen LogP) is 1.15. The number of rotatable bonds is 4. The van der Waals surface area contributed by atoms with Crippen molar-refractivity contribution in [2.75, 3.05) is 11.9 Å². The van der Waals surface area contributed by atoms with Crippen molar-refractivity contribution in [3.8, 4) is 0 Å². The SMILES string of the molecule is NS(=O)(=O)c1ccc(NCC(F)F)c(F)c1. The number of halogens is 3. The first-order valence-corrected chi connectivity index (χ1v) is 5.69. The largest absolute Gasteiger partial charge is 0.377 e. The Hall–Kier alpha value is -1.28. The van der Waals surface area contributed by atoms with Crippen LogP contribution in [0.2, 0.25) is 0 Å². The van der Waals surface area contributed by atoms with Gasteiger partial charge in [0.2, 0.25) is 10.0 Å². The van der Waals surface area contributed by atoms with Crippen LogP contribution in [0.5, 0.6) is 0 Å². The van der Waals surface area contributed by atoms with Gasteiger partial charge >= 0.3 is 0 Å². The second-order valence-electron chi connectivity index (χ2n) is 2.96. The summed E-state index contributed by atoms with van der Waals surface area (Å²) in [6.45, 7) is -0.717. The van der Waals surface area contributed by atoms with Crippen molar-refractivity contribution in [2.24, 2.45) is 5.14 Å². The molecule has 16 heavy (non-hydrogen) atoms. The second-order valence-corrected chi connectivity index (χ2v) is 4.52. The van der Waals surface area contributed by atoms with Crippen molar-refractivity contribution in [3.05, 3.63) is 24.0 Å². The molecule has 1 aromatic rings. The van der Waals surface area contributed by atoms with E-state index in [1.807, 2.05) is 0 Å². The molecule has 0 aromatic heterocycles. The first-order chi connectivity index (χ1) is 7.30. The summed E-state index contributed by atoms with van der Waals surface area (Å²) in [5, 5.41) is 6.89. The highest BCUT2D eigenvalue weighted by molar-refractivity contribution is 7.89. The van der Waals surface area contributed by atoms with Crippen molar-refractivity contribution in [2.45, 2.75) is 11.3 Å². The minimum Gasteiger partial charge on any atom is -0.377 e. The van der Waals surface area contributed by atoms with Crippen molar-refractivity contribution < 1.29 is 21.6 Å². The van der Waals surface area contributed by atoms with Gasteiger partial charge in [-0.05, 0) is 18.2 Å². The Morgan fingerprint density at radius 2 is 2.00 bits per heavy atom. The van der Waals surface area contributed by atoms with Gasteiger partial charge in [0.1, 0.15) is 5.82 Å². The molecule has 0 aliphatic rings. The fraction of sp³-hybridized carbons (Fsp3) is 0.250. The van der Waals surface area contributed by atoms with Crippen LogP contribution in [-0.4, -0.2) is 21.4 Å². The highest BCUT2D eigenvalue weighted by Gasteiger charge is 2.12. The summed E-state index contributed by atoms with van der Waals surface area (Å²) in [5.74, 6) is -0.952. The molecule has 4 nitrogen and oxygen atoms in total. The van der Waals surface area contributed by atoms with E-state index in [0.717, 1.165) is 12.1 Å². The zero-order valence-electron chi connectivity index (χ0n) is 7.95. The van der Waals surface area contributed by atoms with Crippen LogP contribution in [0.15, 0.2) is 23.1 Å². The van der Waals surface area contributed by atoms with E-state index in [0.29, 0.717) is 6.07 Å². The lowest BCUT2D eigenvalue weighted by atomic mass is 10.3. The fourth-order valence-corrected chi connectivity index (χ4v) is 1.53. The number of hydrogen-bond acceptors (Lipinski definition) is 3. The summed E-state index contributed by atoms with van der Waals surface area (Å²) in [7, 11) is -3.99. The van der Waals surface area contributed by atoms with Gasteiger partial charge in [-0.25, -0.2) is 26.7 Å². The Morgan fingerprint density at radius 3 is 2.44 bits per heavy atom. The van der Waals surface area contributed by atoms with Gasteiger partial charge in [-0.1, -0.05) is 0 Å². The predicted molar refractivity (Wildman–Crippen MR) is 52.3 cm³/mol. The van der Waals surface area contributed by atoms with Gasteiger partial charge in [-0.2, -0.15) is 0 Å². The van der Waals surface area contributed by atoms with E-state index < -0.39 is 33.7 Å². The molecule has 0 aliphatic heterocycles. The third-order valence-electron chi connectivity index (χ3n) is 1.72. The van der Waals surface area contributed by atoms with E-state index in [1.54, 1.807) is 0 Å². The van der Waals surface area contributed by atoms with Crippen LogP contribution in [0.1, 0.15) is 0 Å². The number of hydrogen-bond donors (Lipinski definition) is 2. The number of alkyl halides is 2. The molecule has 1 rings (SSSR count). The third kappa shape index (κ3) is 3.38. The molecule has 90 valence electrons. The van der Waals surface area contributed by atoms with Crippen molar-refractivity contribution in [1.82, 2.24) is 0 Å². The molecule has 0 radical (unpaired) electrons. The summed E-state index contributed by atoms with van der Waals surface area (Å²) < 4.78 is 58.5. The minimum absolute atomic E-state index is 0.201. The minimum atomic E-state index is -3.99. The molecule has 0 saturated heterocycles. The molecule has 0 aliphatic carbocycles. The Balaban J connectivity index is 2.92. The third-order valence-corrected chi connectivity index (χ3v) is 2.63. The summed E-state index contributed by atoms with van der Waals surface area (Å²) in [5.41, 5.74) is -0.201. The van der Waals surface area contributed by atoms with Crippen LogP contribution in [0, 0.1) is 5.82 Å². The normalized spacial score (nSPS) is 11.8. The summed E-state index contributed by atoms with van der Waals surface area (Å²) in [6, 6.07) is 2.74. The van der Waals surface area contributed by atoms with Crippen LogP contribution >= 0.6 is 0 Å². The molecule has 0 saturated carbocycles. The molecule has 0 bridgehead atoms. The average Bonchev–Trinajstić information content (AvgIpc) is 2.14. The maximum Gasteiger partial charge on any atom is 0.255 e. The van der Waals surface area contributed by atoms with Gasteiger partial charge in [0.15, 0.2) is 0 Å². The van der Waals surface area contributed by atoms with Crippen molar-refractivity contribution >= 4 is 15.7 Å². The van der Waals surface area contributed by atoms with E-state index in [1.165, 1.54) is 0 Å². The monoisotopic (exact) mass is 254 g/mol. The van der Waals surface area contributed by atoms with E-state index in [-0.39, 0.29) is 5.69 Å². The van der Waals surface area contributed by atoms with Crippen molar-refractivity contribution in [3.63, 3.8) is 0 Å². The molecule has 3 N–H and O–H groups in total. The lowest BCUT2D eigenvalue weighted by Crippen LogP contribution is -2.14. The first kappa shape index (κ1) is 12.8. The van der Waals surface area contributed by atoms with Crippen LogP contribution < -0.4 is 10.5 Å². The van der Waals surface area contributed by atoms with Crippen LogP contribution in [0.25, 0.3) is 0 Å². The smallest absolute Gasteiger partial charge is 0.255 e. The van der Waals surface area contributed by atoms with Crippen LogP contribution in [0.4, 0.5) is 18.9 Å². The fourth-order valence-electron chi connectivity index (χ4n) is 1.00. The first-order valence-electron chi connectivity index (χ1n) is 4.15. The van der Waals surface area contributed by atoms with Gasteiger partial charge in [0, 0.05) is 0 Å². The zero-order valence-corrected chi connectivity index (χ0v) is 8.77. The Labute approximate surface area is 90.3 Å². The Morgan fingerprint density at radius 1 is 1.38 bits per heavy atom. The van der Waals surface area contributed by atoms with Gasteiger partial charge in [-0.15, -0.1) is 0 Å². The second kappa shape index (κ2) is 4.71. The van der Waals surface area contributed by atoms with Gasteiger partial charge < -0.3 is 5.32 Å². The number of benzene rings is 1. The molecular weight excluding hydrogens is 245 g/mol. The molecule has 0 fully saturated rings. The van der Waals surface area contributed by atoms with E-state index in [9.17, 15) is 21.6 Å². The Bertz CT molecular complexity index is 476. The van der Waals surface area contributed by atoms with E-state index in [2.05, 4.69) is 5.32 Å². The summed E-state index contributed by atoms with van der Waals surface area (Å²) in [4.78, 5) is -0.410. The standard InChI is InChI=1S/C8H9F3N2O2S/c9-6-3-5(16(12,14)15)1-2-7(6)13-4-8(10)11/h1-3,8,13H,4H2,(H2,12,14,15). The molecule has 0 heterocycles. The van der Waals surface area contributed by atoms with Gasteiger partial charge in [0.05, 0.1) is 17.1 Å². The summed E-state index contributed by atoms with van der Waals surface area (Å²) in [6.07, 6.45) is -2.63. The average molecular weight is 254 g/mol. The van der Waals surface area contributed by atoms with Crippen LogP contribution in [0.3, 0.4) is 0 Å². The number of nitrogens with two attached hydrogens (primary N) is 1. The molecule has 8 heteroatoms. The van der Waals surface area contributed by atoms with E-state index in [4.69, 9.17) is 5.14 Å². The zero-order chi connectivity index (χ0) is 12.3. The van der Waals surface area contributed by atoms with E-state index >= 15 is 0 Å². The molecule has 0 amide bonds. The lowest BCUT2D eigenvalue weighted by Gasteiger charge is -2.07. The van der Waals surface area contributed by atoms with Gasteiger partial charge in [-0.3, -0.25) is 0 Å². The quantitative estimate of drug-likeness (QED) is 0.846. The van der Waals surface area contributed by atoms with Crippen LogP contribution in [-0.2, 0) is 10.0 Å². The summed E-state index contributed by atoms with van der Waals surface area (Å²) >= 11 is 0. The maximum atomic E-state index is 13.2. The molecule has 0 unspecified atom stereocenters. The number of nitrogens with one attached hydrogen (secondary N) is 1. The highest BCUT2D eigenvalue weighted by Crippen LogP contribution is 2.18. The molecule has 0 atom stereocenters. The topological polar surface area (TPSA) is 72.2 Å². The maximum absolute atomic E-state index is 13.2. The molecule has 1 aromatic carbocycles. The van der Waals surface area contributed by atoms with Crippen molar-refractivity contribution in [1.29, 1.82) is 0 Å². The molecular formula is C8H9F3N2O2S. The number of primary sulfonamides is 1. The Kier molecular flexibility index (Phi) is 3.76. The lowest BCUT2D eigenvalue weighted by molar-refractivity contribution is 0.163. The number of anilines is 1. The van der Waals surface area contributed by atoms with Gasteiger partial charge in [0.25, 0.3) is 6.43 Å². The number of sulfonamides is 1.